The maximum absolute atomic E-state index is 12.8. The van der Waals surface area contributed by atoms with Crippen molar-refractivity contribution in [2.75, 3.05) is 0 Å². The van der Waals surface area contributed by atoms with Gasteiger partial charge in [0.1, 0.15) is 0 Å². The lowest BCUT2D eigenvalue weighted by atomic mass is 9.96. The molecule has 3 nitrogen and oxygen atoms in total. The van der Waals surface area contributed by atoms with Crippen molar-refractivity contribution >= 4 is 11.0 Å². The molecule has 2 aliphatic heterocycles. The van der Waals surface area contributed by atoms with Crippen LogP contribution in [-0.4, -0.2) is 9.13 Å². The molecule has 4 bridgehead atoms. The highest BCUT2D eigenvalue weighted by Gasteiger charge is 2.15. The van der Waals surface area contributed by atoms with Crippen LogP contribution in [0.4, 0.5) is 0 Å². The van der Waals surface area contributed by atoms with E-state index in [1.54, 1.807) is 0 Å². The van der Waals surface area contributed by atoms with Crippen LogP contribution >= 0.6 is 0 Å². The number of rotatable bonds is 0. The first-order valence-electron chi connectivity index (χ1n) is 7.92. The van der Waals surface area contributed by atoms with Crippen molar-refractivity contribution in [1.82, 2.24) is 9.13 Å². The standard InChI is InChI=1S/C19H20N2O/c1-13-11-16-8-10-21-18-6-4-3-5-17(18)20(19(21)22)9-7-15(13)12-14(16)2/h3-6,11-12H,7-10H2,1-2H3. The predicted molar refractivity (Wildman–Crippen MR) is 89.5 cm³/mol. The minimum atomic E-state index is 0.124. The Morgan fingerprint density at radius 2 is 1.27 bits per heavy atom. The van der Waals surface area contributed by atoms with Crippen LogP contribution in [0.1, 0.15) is 22.3 Å². The topological polar surface area (TPSA) is 26.9 Å². The molecule has 2 aromatic carbocycles. The lowest BCUT2D eigenvalue weighted by molar-refractivity contribution is 0.624. The van der Waals surface area contributed by atoms with Gasteiger partial charge < -0.3 is 0 Å². The first-order chi connectivity index (χ1) is 10.6. The van der Waals surface area contributed by atoms with Crippen LogP contribution in [0, 0.1) is 13.8 Å². The van der Waals surface area contributed by atoms with Crippen molar-refractivity contribution < 1.29 is 0 Å². The zero-order chi connectivity index (χ0) is 15.3. The highest BCUT2D eigenvalue weighted by atomic mass is 16.1. The number of aryl methyl sites for hydroxylation is 6. The Morgan fingerprint density at radius 1 is 0.818 bits per heavy atom. The Kier molecular flexibility index (Phi) is 2.96. The van der Waals surface area contributed by atoms with Gasteiger partial charge in [-0.2, -0.15) is 0 Å². The van der Waals surface area contributed by atoms with E-state index in [1.807, 2.05) is 21.3 Å². The summed E-state index contributed by atoms with van der Waals surface area (Å²) in [6.07, 6.45) is 1.81. The number of imidazole rings is 1. The molecule has 5 rings (SSSR count). The number of para-hydroxylation sites is 2. The highest BCUT2D eigenvalue weighted by Crippen LogP contribution is 2.21. The fraction of sp³-hybridized carbons (Fsp3) is 0.316. The Hall–Kier alpha value is -2.29. The molecule has 3 aromatic rings. The molecule has 22 heavy (non-hydrogen) atoms. The molecule has 1 aromatic heterocycles. The number of hydrogen-bond acceptors (Lipinski definition) is 1. The summed E-state index contributed by atoms with van der Waals surface area (Å²) in [5.41, 5.74) is 7.62. The van der Waals surface area contributed by atoms with Gasteiger partial charge in [-0.1, -0.05) is 24.3 Å². The van der Waals surface area contributed by atoms with Crippen LogP contribution in [0.2, 0.25) is 0 Å². The monoisotopic (exact) mass is 292 g/mol. The number of fused-ring (bicyclic) bond motifs is 5. The summed E-state index contributed by atoms with van der Waals surface area (Å²) in [5, 5.41) is 0. The molecule has 0 amide bonds. The zero-order valence-corrected chi connectivity index (χ0v) is 13.1. The molecule has 0 radical (unpaired) electrons. The second kappa shape index (κ2) is 4.87. The highest BCUT2D eigenvalue weighted by molar-refractivity contribution is 5.76. The number of hydrogen-bond donors (Lipinski definition) is 0. The summed E-state index contributed by atoms with van der Waals surface area (Å²) in [7, 11) is 0. The van der Waals surface area contributed by atoms with Gasteiger partial charge in [-0.15, -0.1) is 0 Å². The van der Waals surface area contributed by atoms with Gasteiger partial charge in [-0.3, -0.25) is 9.13 Å². The van der Waals surface area contributed by atoms with Crippen molar-refractivity contribution in [2.45, 2.75) is 39.8 Å². The smallest absolute Gasteiger partial charge is 0.292 e. The molecule has 2 aliphatic rings. The number of nitrogens with zero attached hydrogens (tertiary/aromatic N) is 2. The summed E-state index contributed by atoms with van der Waals surface area (Å²) in [6.45, 7) is 5.84. The van der Waals surface area contributed by atoms with E-state index >= 15 is 0 Å². The fourth-order valence-electron chi connectivity index (χ4n) is 3.64. The van der Waals surface area contributed by atoms with Crippen LogP contribution < -0.4 is 5.69 Å². The predicted octanol–water partition coefficient (Wildman–Crippen LogP) is 3.22. The summed E-state index contributed by atoms with van der Waals surface area (Å²) < 4.78 is 3.87. The Bertz CT molecular complexity index is 857. The third-order valence-electron chi connectivity index (χ3n) is 4.93. The van der Waals surface area contributed by atoms with E-state index in [1.165, 1.54) is 22.3 Å². The minimum absolute atomic E-state index is 0.124. The SMILES string of the molecule is Cc1cc2c(C)cc1CCn1c(=O)n(c3ccccc31)CC2. The normalized spacial score (nSPS) is 14.3. The van der Waals surface area contributed by atoms with Gasteiger partial charge in [0.15, 0.2) is 0 Å². The van der Waals surface area contributed by atoms with E-state index < -0.39 is 0 Å². The molecule has 0 aliphatic carbocycles. The quantitative estimate of drug-likeness (QED) is 0.625. The van der Waals surface area contributed by atoms with E-state index in [0.29, 0.717) is 0 Å². The van der Waals surface area contributed by atoms with Crippen molar-refractivity contribution in [1.29, 1.82) is 0 Å². The summed E-state index contributed by atoms with van der Waals surface area (Å²) in [6, 6.07) is 12.7. The molecule has 112 valence electrons. The first kappa shape index (κ1) is 13.4. The van der Waals surface area contributed by atoms with Gasteiger partial charge in [-0.25, -0.2) is 4.79 Å². The fourth-order valence-corrected chi connectivity index (χ4v) is 3.64. The molecule has 0 saturated heterocycles. The first-order valence-corrected chi connectivity index (χ1v) is 7.92. The van der Waals surface area contributed by atoms with E-state index in [0.717, 1.165) is 37.0 Å². The molecule has 0 saturated carbocycles. The lowest BCUT2D eigenvalue weighted by Crippen LogP contribution is -2.25. The number of aromatic nitrogens is 2. The maximum Gasteiger partial charge on any atom is 0.329 e. The third-order valence-corrected chi connectivity index (χ3v) is 4.93. The molecule has 0 fully saturated rings. The number of benzene rings is 2. The summed E-state index contributed by atoms with van der Waals surface area (Å²) in [5.74, 6) is 0. The van der Waals surface area contributed by atoms with Crippen LogP contribution in [0.15, 0.2) is 41.2 Å². The van der Waals surface area contributed by atoms with Crippen molar-refractivity contribution in [2.24, 2.45) is 0 Å². The molecule has 3 heterocycles. The molecule has 0 spiro atoms. The average Bonchev–Trinajstić information content (AvgIpc) is 2.75. The Labute approximate surface area is 129 Å². The average molecular weight is 292 g/mol. The zero-order valence-electron chi connectivity index (χ0n) is 13.1. The van der Waals surface area contributed by atoms with Crippen molar-refractivity contribution in [3.05, 3.63) is 69.1 Å². The van der Waals surface area contributed by atoms with Gasteiger partial charge in [-0.05, 0) is 61.1 Å². The Balaban J connectivity index is 1.95. The molecule has 0 atom stereocenters. The lowest BCUT2D eigenvalue weighted by Gasteiger charge is -2.13. The Morgan fingerprint density at radius 3 is 1.73 bits per heavy atom. The minimum Gasteiger partial charge on any atom is -0.292 e. The van der Waals surface area contributed by atoms with Crippen LogP contribution in [0.3, 0.4) is 0 Å². The van der Waals surface area contributed by atoms with Crippen LogP contribution in [-0.2, 0) is 25.9 Å². The largest absolute Gasteiger partial charge is 0.329 e. The molecular formula is C19H20N2O. The second-order valence-electron chi connectivity index (χ2n) is 6.28. The summed E-state index contributed by atoms with van der Waals surface area (Å²) in [4.78, 5) is 12.8. The van der Waals surface area contributed by atoms with E-state index in [-0.39, 0.29) is 5.69 Å². The van der Waals surface area contributed by atoms with Gasteiger partial charge in [0.05, 0.1) is 11.0 Å². The molecule has 3 heteroatoms. The third kappa shape index (κ3) is 1.92. The van der Waals surface area contributed by atoms with Crippen LogP contribution in [0.25, 0.3) is 11.0 Å². The van der Waals surface area contributed by atoms with Crippen molar-refractivity contribution in [3.63, 3.8) is 0 Å². The molecular weight excluding hydrogens is 272 g/mol. The van der Waals surface area contributed by atoms with Gasteiger partial charge in [0, 0.05) is 13.1 Å². The van der Waals surface area contributed by atoms with Gasteiger partial charge in [0.25, 0.3) is 0 Å². The summed E-state index contributed by atoms with van der Waals surface area (Å²) >= 11 is 0. The van der Waals surface area contributed by atoms with E-state index in [9.17, 15) is 4.79 Å². The maximum atomic E-state index is 12.8. The van der Waals surface area contributed by atoms with E-state index in [2.05, 4.69) is 38.1 Å². The molecule has 0 N–H and O–H groups in total. The molecule has 0 unspecified atom stereocenters. The van der Waals surface area contributed by atoms with Crippen molar-refractivity contribution in [3.8, 4) is 0 Å². The second-order valence-corrected chi connectivity index (χ2v) is 6.28. The van der Waals surface area contributed by atoms with E-state index in [4.69, 9.17) is 0 Å². The van der Waals surface area contributed by atoms with Gasteiger partial charge in [0.2, 0.25) is 0 Å². The van der Waals surface area contributed by atoms with Crippen LogP contribution in [0.5, 0.6) is 0 Å². The van der Waals surface area contributed by atoms with Gasteiger partial charge >= 0.3 is 5.69 Å².